The van der Waals surface area contributed by atoms with Crippen LogP contribution in [0.1, 0.15) is 22.7 Å². The van der Waals surface area contributed by atoms with E-state index in [-0.39, 0.29) is 5.56 Å². The Morgan fingerprint density at radius 3 is 2.63 bits per heavy atom. The number of rotatable bonds is 5. The number of hydrogen-bond acceptors (Lipinski definition) is 6. The molecule has 7 heteroatoms. The molecule has 140 valence electrons. The molecule has 0 radical (unpaired) electrons. The summed E-state index contributed by atoms with van der Waals surface area (Å²) in [5, 5.41) is 1.13. The number of hydrogen-bond donors (Lipinski definition) is 0. The average molecular weight is 382 g/mol. The topological polar surface area (TPSA) is 63.9 Å². The minimum absolute atomic E-state index is 0.0133. The number of piperidine rings is 1. The molecule has 0 amide bonds. The van der Waals surface area contributed by atoms with Gasteiger partial charge in [0.15, 0.2) is 0 Å². The van der Waals surface area contributed by atoms with Crippen LogP contribution in [-0.4, -0.2) is 37.5 Å². The van der Waals surface area contributed by atoms with Crippen LogP contribution in [0.25, 0.3) is 11.3 Å². The van der Waals surface area contributed by atoms with E-state index < -0.39 is 0 Å². The van der Waals surface area contributed by atoms with Crippen molar-refractivity contribution < 1.29 is 0 Å². The van der Waals surface area contributed by atoms with Gasteiger partial charge in [-0.3, -0.25) is 19.2 Å². The van der Waals surface area contributed by atoms with Gasteiger partial charge in [-0.25, -0.2) is 9.97 Å². The summed E-state index contributed by atoms with van der Waals surface area (Å²) in [7, 11) is 0. The smallest absolute Gasteiger partial charge is 0.253 e. The van der Waals surface area contributed by atoms with E-state index in [9.17, 15) is 4.79 Å². The predicted molar refractivity (Wildman–Crippen MR) is 107 cm³/mol. The minimum atomic E-state index is 0.0133. The Bertz CT molecular complexity index is 944. The van der Waals surface area contributed by atoms with Crippen LogP contribution in [0.4, 0.5) is 0 Å². The van der Waals surface area contributed by atoms with Crippen molar-refractivity contribution in [2.45, 2.75) is 32.9 Å². The van der Waals surface area contributed by atoms with Crippen LogP contribution in [0.5, 0.6) is 0 Å². The van der Waals surface area contributed by atoms with Crippen molar-refractivity contribution in [1.82, 2.24) is 24.4 Å². The largest absolute Gasteiger partial charge is 0.299 e. The number of nitrogens with zero attached hydrogens (tertiary/aromatic N) is 5. The van der Waals surface area contributed by atoms with Gasteiger partial charge in [-0.05, 0) is 50.9 Å². The first-order chi connectivity index (χ1) is 13.2. The number of aryl methyl sites for hydroxylation is 1. The van der Waals surface area contributed by atoms with E-state index in [1.165, 1.54) is 4.88 Å². The van der Waals surface area contributed by atoms with Gasteiger partial charge < -0.3 is 0 Å². The van der Waals surface area contributed by atoms with Gasteiger partial charge in [0, 0.05) is 48.2 Å². The van der Waals surface area contributed by atoms with Gasteiger partial charge in [-0.1, -0.05) is 0 Å². The van der Waals surface area contributed by atoms with Gasteiger partial charge in [-0.2, -0.15) is 0 Å². The van der Waals surface area contributed by atoms with Crippen molar-refractivity contribution in [3.05, 3.63) is 63.4 Å². The van der Waals surface area contributed by atoms with Gasteiger partial charge in [0.05, 0.1) is 17.0 Å². The van der Waals surface area contributed by atoms with E-state index in [0.717, 1.165) is 49.6 Å². The van der Waals surface area contributed by atoms with E-state index in [1.807, 2.05) is 25.3 Å². The molecular formula is C20H23N5OS. The fourth-order valence-corrected chi connectivity index (χ4v) is 4.39. The van der Waals surface area contributed by atoms with Gasteiger partial charge in [0.2, 0.25) is 0 Å². The normalized spacial score (nSPS) is 15.9. The molecule has 1 fully saturated rings. The molecular weight excluding hydrogens is 358 g/mol. The standard InChI is InChI=1S/C20H23N5OS/c1-15-22-11-18(27-15)13-24-8-4-16(5-9-24)12-25-14-23-19(10-20(25)26)17-2-6-21-7-3-17/h2-3,6-7,10-11,14,16H,4-5,8-9,12-13H2,1H3. The van der Waals surface area contributed by atoms with E-state index in [1.54, 1.807) is 40.7 Å². The third-order valence-electron chi connectivity index (χ3n) is 5.07. The van der Waals surface area contributed by atoms with Crippen LogP contribution in [0.3, 0.4) is 0 Å². The molecule has 27 heavy (non-hydrogen) atoms. The molecule has 0 unspecified atom stereocenters. The lowest BCUT2D eigenvalue weighted by Crippen LogP contribution is -2.35. The molecule has 0 bridgehead atoms. The number of pyridine rings is 1. The fraction of sp³-hybridized carbons (Fsp3) is 0.400. The predicted octanol–water partition coefficient (Wildman–Crippen LogP) is 2.98. The zero-order chi connectivity index (χ0) is 18.6. The zero-order valence-electron chi connectivity index (χ0n) is 15.4. The van der Waals surface area contributed by atoms with Crippen molar-refractivity contribution in [2.24, 2.45) is 5.92 Å². The van der Waals surface area contributed by atoms with Gasteiger partial charge in [0.1, 0.15) is 0 Å². The molecule has 4 heterocycles. The first-order valence-corrected chi connectivity index (χ1v) is 10.1. The number of thiazole rings is 1. The minimum Gasteiger partial charge on any atom is -0.299 e. The van der Waals surface area contributed by atoms with E-state index in [0.29, 0.717) is 11.6 Å². The molecule has 0 atom stereocenters. The summed E-state index contributed by atoms with van der Waals surface area (Å²) in [6.07, 6.45) is 9.31. The third-order valence-corrected chi connectivity index (χ3v) is 5.96. The number of likely N-dealkylation sites (tertiary alicyclic amines) is 1. The highest BCUT2D eigenvalue weighted by molar-refractivity contribution is 7.11. The van der Waals surface area contributed by atoms with Gasteiger partial charge in [0.25, 0.3) is 5.56 Å². The maximum Gasteiger partial charge on any atom is 0.253 e. The van der Waals surface area contributed by atoms with E-state index >= 15 is 0 Å². The summed E-state index contributed by atoms with van der Waals surface area (Å²) in [6, 6.07) is 5.36. The summed E-state index contributed by atoms with van der Waals surface area (Å²) < 4.78 is 1.75. The van der Waals surface area contributed by atoms with Crippen LogP contribution in [0, 0.1) is 12.8 Å². The molecule has 1 aliphatic heterocycles. The molecule has 3 aromatic rings. The Labute approximate surface area is 162 Å². The molecule has 6 nitrogen and oxygen atoms in total. The second kappa shape index (κ2) is 8.10. The monoisotopic (exact) mass is 381 g/mol. The Morgan fingerprint density at radius 1 is 1.19 bits per heavy atom. The molecule has 0 aliphatic carbocycles. The third kappa shape index (κ3) is 4.48. The summed E-state index contributed by atoms with van der Waals surface area (Å²) in [5.41, 5.74) is 1.63. The first kappa shape index (κ1) is 18.0. The lowest BCUT2D eigenvalue weighted by molar-refractivity contribution is 0.167. The van der Waals surface area contributed by atoms with Crippen molar-refractivity contribution in [1.29, 1.82) is 0 Å². The second-order valence-electron chi connectivity index (χ2n) is 7.07. The molecule has 0 aromatic carbocycles. The maximum absolute atomic E-state index is 12.5. The molecule has 1 saturated heterocycles. The lowest BCUT2D eigenvalue weighted by Gasteiger charge is -2.31. The Hall–Kier alpha value is -2.38. The van der Waals surface area contributed by atoms with Crippen molar-refractivity contribution in [2.75, 3.05) is 13.1 Å². The molecule has 0 spiro atoms. The van der Waals surface area contributed by atoms with Crippen LogP contribution < -0.4 is 5.56 Å². The quantitative estimate of drug-likeness (QED) is 0.680. The number of aromatic nitrogens is 4. The van der Waals surface area contributed by atoms with Crippen LogP contribution in [0.15, 0.2) is 47.9 Å². The summed E-state index contributed by atoms with van der Waals surface area (Å²) in [6.45, 7) is 5.92. The molecule has 1 aliphatic rings. The highest BCUT2D eigenvalue weighted by atomic mass is 32.1. The highest BCUT2D eigenvalue weighted by Gasteiger charge is 2.20. The molecule has 3 aromatic heterocycles. The van der Waals surface area contributed by atoms with E-state index in [2.05, 4.69) is 19.9 Å². The van der Waals surface area contributed by atoms with Crippen LogP contribution in [-0.2, 0) is 13.1 Å². The molecule has 0 saturated carbocycles. The Balaban J connectivity index is 1.34. The first-order valence-electron chi connectivity index (χ1n) is 9.28. The summed E-state index contributed by atoms with van der Waals surface area (Å²) >= 11 is 1.78. The van der Waals surface area contributed by atoms with Crippen molar-refractivity contribution >= 4 is 11.3 Å². The summed E-state index contributed by atoms with van der Waals surface area (Å²) in [4.78, 5) is 29.1. The molecule has 0 N–H and O–H groups in total. The van der Waals surface area contributed by atoms with Gasteiger partial charge >= 0.3 is 0 Å². The highest BCUT2D eigenvalue weighted by Crippen LogP contribution is 2.22. The van der Waals surface area contributed by atoms with Crippen LogP contribution >= 0.6 is 11.3 Å². The van der Waals surface area contributed by atoms with Gasteiger partial charge in [-0.15, -0.1) is 11.3 Å². The van der Waals surface area contributed by atoms with Crippen molar-refractivity contribution in [3.63, 3.8) is 0 Å². The van der Waals surface area contributed by atoms with Crippen LogP contribution in [0.2, 0.25) is 0 Å². The Kier molecular flexibility index (Phi) is 5.40. The SMILES string of the molecule is Cc1ncc(CN2CCC(Cn3cnc(-c4ccncc4)cc3=O)CC2)s1. The lowest BCUT2D eigenvalue weighted by atomic mass is 9.96. The summed E-state index contributed by atoms with van der Waals surface area (Å²) in [5.74, 6) is 0.524. The Morgan fingerprint density at radius 2 is 1.96 bits per heavy atom. The maximum atomic E-state index is 12.5. The zero-order valence-corrected chi connectivity index (χ0v) is 16.2. The fourth-order valence-electron chi connectivity index (χ4n) is 3.55. The second-order valence-corrected chi connectivity index (χ2v) is 8.39. The average Bonchev–Trinajstić information content (AvgIpc) is 3.10. The van der Waals surface area contributed by atoms with E-state index in [4.69, 9.17) is 0 Å². The molecule has 4 rings (SSSR count). The van der Waals surface area contributed by atoms with Crippen molar-refractivity contribution in [3.8, 4) is 11.3 Å².